The van der Waals surface area contributed by atoms with Gasteiger partial charge in [0.05, 0.1) is 0 Å². The van der Waals surface area contributed by atoms with Crippen molar-refractivity contribution >= 4 is 29.9 Å². The zero-order valence-electron chi connectivity index (χ0n) is 14.6. The summed E-state index contributed by atoms with van der Waals surface area (Å²) in [6.45, 7) is 6.60. The van der Waals surface area contributed by atoms with Gasteiger partial charge in [-0.1, -0.05) is 19.3 Å². The Kier molecular flexibility index (Phi) is 14.5. The van der Waals surface area contributed by atoms with Crippen molar-refractivity contribution in [3.8, 4) is 0 Å². The van der Waals surface area contributed by atoms with E-state index in [2.05, 4.69) is 34.5 Å². The van der Waals surface area contributed by atoms with Crippen molar-refractivity contribution in [1.82, 2.24) is 15.5 Å². The smallest absolute Gasteiger partial charge is 0.191 e. The van der Waals surface area contributed by atoms with E-state index in [9.17, 15) is 0 Å². The number of halogens is 1. The molecule has 2 N–H and O–H groups in total. The van der Waals surface area contributed by atoms with Gasteiger partial charge in [0.25, 0.3) is 0 Å². The largest absolute Gasteiger partial charge is 0.385 e. The fraction of sp³-hybridized carbons (Fsp3) is 0.938. The van der Waals surface area contributed by atoms with Gasteiger partial charge in [-0.15, -0.1) is 24.0 Å². The van der Waals surface area contributed by atoms with Gasteiger partial charge in [0, 0.05) is 45.9 Å². The van der Waals surface area contributed by atoms with Crippen molar-refractivity contribution in [3.05, 3.63) is 0 Å². The molecule has 0 unspecified atom stereocenters. The molecular weight excluding hydrogens is 391 g/mol. The first-order valence-electron chi connectivity index (χ1n) is 8.49. The monoisotopic (exact) mass is 426 g/mol. The van der Waals surface area contributed by atoms with Crippen LogP contribution in [0.4, 0.5) is 0 Å². The zero-order chi connectivity index (χ0) is 15.3. The maximum Gasteiger partial charge on any atom is 0.191 e. The van der Waals surface area contributed by atoms with Crippen molar-refractivity contribution in [2.75, 3.05) is 46.9 Å². The van der Waals surface area contributed by atoms with Crippen LogP contribution in [0.2, 0.25) is 0 Å². The minimum Gasteiger partial charge on any atom is -0.385 e. The van der Waals surface area contributed by atoms with Crippen LogP contribution in [-0.2, 0) is 4.74 Å². The molecule has 22 heavy (non-hydrogen) atoms. The van der Waals surface area contributed by atoms with Crippen LogP contribution in [0.3, 0.4) is 0 Å². The Hall–Kier alpha value is -0.0800. The standard InChI is InChI=1S/C16H34N4O.HI/c1-4-17-16(18-11-8-14-21-3)19-12-13-20(2)15-9-6-5-7-10-15;/h15H,4-14H2,1-3H3,(H2,17,18,19);1H. The second kappa shape index (κ2) is 14.5. The summed E-state index contributed by atoms with van der Waals surface area (Å²) in [7, 11) is 3.98. The number of hydrogen-bond acceptors (Lipinski definition) is 3. The number of nitrogens with one attached hydrogen (secondary N) is 2. The third-order valence-corrected chi connectivity index (χ3v) is 4.08. The minimum absolute atomic E-state index is 0. The Morgan fingerprint density at radius 2 is 1.95 bits per heavy atom. The zero-order valence-corrected chi connectivity index (χ0v) is 16.9. The van der Waals surface area contributed by atoms with Gasteiger partial charge in [-0.3, -0.25) is 4.99 Å². The van der Waals surface area contributed by atoms with Crippen LogP contribution in [0, 0.1) is 0 Å². The predicted octanol–water partition coefficient (Wildman–Crippen LogP) is 2.46. The topological polar surface area (TPSA) is 48.9 Å². The summed E-state index contributed by atoms with van der Waals surface area (Å²) in [5.41, 5.74) is 0. The normalized spacial score (nSPS) is 16.5. The molecule has 0 heterocycles. The van der Waals surface area contributed by atoms with Gasteiger partial charge in [-0.05, 0) is 33.2 Å². The number of rotatable bonds is 9. The summed E-state index contributed by atoms with van der Waals surface area (Å²) >= 11 is 0. The highest BCUT2D eigenvalue weighted by molar-refractivity contribution is 14.0. The van der Waals surface area contributed by atoms with Crippen molar-refractivity contribution < 1.29 is 4.74 Å². The molecule has 0 aliphatic heterocycles. The second-order valence-corrected chi connectivity index (χ2v) is 5.81. The van der Waals surface area contributed by atoms with Gasteiger partial charge < -0.3 is 20.3 Å². The molecule has 1 rings (SSSR count). The number of hydrogen-bond donors (Lipinski definition) is 2. The van der Waals surface area contributed by atoms with Crippen LogP contribution >= 0.6 is 24.0 Å². The summed E-state index contributed by atoms with van der Waals surface area (Å²) in [6, 6.07) is 0.779. The number of likely N-dealkylation sites (N-methyl/N-ethyl adjacent to an activating group) is 1. The van der Waals surface area contributed by atoms with Gasteiger partial charge >= 0.3 is 0 Å². The molecule has 1 fully saturated rings. The first-order valence-corrected chi connectivity index (χ1v) is 8.49. The molecule has 1 aliphatic carbocycles. The van der Waals surface area contributed by atoms with E-state index < -0.39 is 0 Å². The lowest BCUT2D eigenvalue weighted by Crippen LogP contribution is -2.43. The van der Waals surface area contributed by atoms with E-state index >= 15 is 0 Å². The molecule has 6 heteroatoms. The van der Waals surface area contributed by atoms with E-state index in [0.29, 0.717) is 0 Å². The molecular formula is C16H35IN4O. The summed E-state index contributed by atoms with van der Waals surface area (Å²) < 4.78 is 5.05. The maximum atomic E-state index is 5.05. The fourth-order valence-electron chi connectivity index (χ4n) is 2.80. The van der Waals surface area contributed by atoms with Gasteiger partial charge in [0.15, 0.2) is 5.96 Å². The van der Waals surface area contributed by atoms with Crippen LogP contribution < -0.4 is 10.6 Å². The molecule has 0 atom stereocenters. The SMILES string of the molecule is CCNC(=NCCCOC)NCCN(C)C1CCCCC1.I. The number of aliphatic imine (C=N–C) groups is 1. The van der Waals surface area contributed by atoms with Crippen LogP contribution in [-0.4, -0.2) is 63.8 Å². The lowest BCUT2D eigenvalue weighted by atomic mass is 9.94. The lowest BCUT2D eigenvalue weighted by molar-refractivity contribution is 0.194. The second-order valence-electron chi connectivity index (χ2n) is 5.81. The molecule has 0 saturated heterocycles. The molecule has 0 amide bonds. The number of guanidine groups is 1. The predicted molar refractivity (Wildman–Crippen MR) is 105 cm³/mol. The first-order chi connectivity index (χ1) is 10.3. The average Bonchev–Trinajstić information content (AvgIpc) is 2.52. The number of ether oxygens (including phenoxy) is 1. The highest BCUT2D eigenvalue weighted by Crippen LogP contribution is 2.21. The highest BCUT2D eigenvalue weighted by Gasteiger charge is 2.17. The third-order valence-electron chi connectivity index (χ3n) is 4.08. The quantitative estimate of drug-likeness (QED) is 0.258. The molecule has 1 saturated carbocycles. The molecule has 5 nitrogen and oxygen atoms in total. The summed E-state index contributed by atoms with van der Waals surface area (Å²) in [4.78, 5) is 7.06. The van der Waals surface area contributed by atoms with Crippen LogP contribution in [0.5, 0.6) is 0 Å². The van der Waals surface area contributed by atoms with Crippen molar-refractivity contribution in [2.45, 2.75) is 51.5 Å². The summed E-state index contributed by atoms with van der Waals surface area (Å²) in [5.74, 6) is 0.922. The van der Waals surface area contributed by atoms with Gasteiger partial charge in [0.1, 0.15) is 0 Å². The molecule has 0 radical (unpaired) electrons. The fourth-order valence-corrected chi connectivity index (χ4v) is 2.80. The number of nitrogens with zero attached hydrogens (tertiary/aromatic N) is 2. The lowest BCUT2D eigenvalue weighted by Gasteiger charge is -2.31. The van der Waals surface area contributed by atoms with Crippen molar-refractivity contribution in [3.63, 3.8) is 0 Å². The van der Waals surface area contributed by atoms with Crippen molar-refractivity contribution in [2.24, 2.45) is 4.99 Å². The molecule has 0 bridgehead atoms. The Labute approximate surface area is 153 Å². The third kappa shape index (κ3) is 9.84. The minimum atomic E-state index is 0. The first kappa shape index (κ1) is 21.9. The Morgan fingerprint density at radius 3 is 2.59 bits per heavy atom. The summed E-state index contributed by atoms with van der Waals surface area (Å²) in [6.07, 6.45) is 7.90. The van der Waals surface area contributed by atoms with E-state index in [4.69, 9.17) is 4.74 Å². The molecule has 0 aromatic heterocycles. The average molecular weight is 426 g/mol. The van der Waals surface area contributed by atoms with Crippen LogP contribution in [0.1, 0.15) is 45.4 Å². The Morgan fingerprint density at radius 1 is 1.23 bits per heavy atom. The molecule has 0 spiro atoms. The van der Waals surface area contributed by atoms with E-state index in [1.54, 1.807) is 7.11 Å². The molecule has 1 aliphatic rings. The van der Waals surface area contributed by atoms with E-state index in [1.807, 2.05) is 0 Å². The van der Waals surface area contributed by atoms with E-state index in [-0.39, 0.29) is 24.0 Å². The maximum absolute atomic E-state index is 5.05. The Balaban J connectivity index is 0.00000441. The van der Waals surface area contributed by atoms with Crippen molar-refractivity contribution in [1.29, 1.82) is 0 Å². The van der Waals surface area contributed by atoms with E-state index in [1.165, 1.54) is 32.1 Å². The number of methoxy groups -OCH3 is 1. The van der Waals surface area contributed by atoms with Gasteiger partial charge in [-0.2, -0.15) is 0 Å². The van der Waals surface area contributed by atoms with Gasteiger partial charge in [0.2, 0.25) is 0 Å². The van der Waals surface area contributed by atoms with Crippen LogP contribution in [0.25, 0.3) is 0 Å². The van der Waals surface area contributed by atoms with Crippen LogP contribution in [0.15, 0.2) is 4.99 Å². The molecule has 0 aromatic carbocycles. The summed E-state index contributed by atoms with van der Waals surface area (Å²) in [5, 5.41) is 6.72. The molecule has 0 aromatic rings. The Bertz CT molecular complexity index is 283. The van der Waals surface area contributed by atoms with Gasteiger partial charge in [-0.25, -0.2) is 0 Å². The van der Waals surface area contributed by atoms with E-state index in [0.717, 1.165) is 51.2 Å². The molecule has 132 valence electrons. The highest BCUT2D eigenvalue weighted by atomic mass is 127.